The lowest BCUT2D eigenvalue weighted by Gasteiger charge is -2.24. The summed E-state index contributed by atoms with van der Waals surface area (Å²) in [5, 5.41) is 8.87. The van der Waals surface area contributed by atoms with Gasteiger partial charge in [-0.05, 0) is 102 Å². The first-order chi connectivity index (χ1) is 18.8. The molecule has 6 aromatic rings. The number of benzene rings is 6. The average Bonchev–Trinajstić information content (AvgIpc) is 3.31. The van der Waals surface area contributed by atoms with Crippen molar-refractivity contribution in [3.63, 3.8) is 0 Å². The zero-order valence-corrected chi connectivity index (χ0v) is 22.9. The molecule has 0 atom stereocenters. The molecule has 1 heteroatoms. The standard InChI is InChI=1S/C38H31N/c1-37(2)32-18-14-24-10-7-8-12-28(24)36(32)31-22-34-30(21-35(31)37)29-17-16-27(20-33(29)38(34,3)4)39-26-15-13-23-9-5-6-11-25(23)19-26/h5-22,39H,1-4H3. The summed E-state index contributed by atoms with van der Waals surface area (Å²) < 4.78 is 0. The van der Waals surface area contributed by atoms with Crippen LogP contribution < -0.4 is 5.32 Å². The minimum absolute atomic E-state index is 0.0335. The molecule has 39 heavy (non-hydrogen) atoms. The van der Waals surface area contributed by atoms with Crippen molar-refractivity contribution >= 4 is 32.9 Å². The molecule has 188 valence electrons. The van der Waals surface area contributed by atoms with Gasteiger partial charge in [0.05, 0.1) is 0 Å². The Bertz CT molecular complexity index is 1990. The molecule has 0 bridgehead atoms. The van der Waals surface area contributed by atoms with Gasteiger partial charge in [0.25, 0.3) is 0 Å². The monoisotopic (exact) mass is 501 g/mol. The van der Waals surface area contributed by atoms with Crippen LogP contribution in [0.15, 0.2) is 109 Å². The van der Waals surface area contributed by atoms with Gasteiger partial charge in [0, 0.05) is 22.2 Å². The third-order valence-corrected chi connectivity index (χ3v) is 9.40. The first kappa shape index (κ1) is 22.6. The molecule has 0 spiro atoms. The van der Waals surface area contributed by atoms with E-state index in [-0.39, 0.29) is 10.8 Å². The quantitative estimate of drug-likeness (QED) is 0.249. The largest absolute Gasteiger partial charge is 0.355 e. The maximum atomic E-state index is 3.68. The molecule has 6 aromatic carbocycles. The highest BCUT2D eigenvalue weighted by Gasteiger charge is 2.42. The lowest BCUT2D eigenvalue weighted by Crippen LogP contribution is -2.17. The summed E-state index contributed by atoms with van der Waals surface area (Å²) in [6.45, 7) is 9.54. The molecule has 2 aliphatic carbocycles. The fraction of sp³-hybridized carbons (Fsp3) is 0.158. The van der Waals surface area contributed by atoms with Crippen LogP contribution in [0, 0.1) is 0 Å². The van der Waals surface area contributed by atoms with Crippen molar-refractivity contribution in [3.05, 3.63) is 131 Å². The Kier molecular flexibility index (Phi) is 4.41. The number of hydrogen-bond acceptors (Lipinski definition) is 1. The Morgan fingerprint density at radius 3 is 1.87 bits per heavy atom. The normalized spacial score (nSPS) is 15.6. The maximum Gasteiger partial charge on any atom is 0.0390 e. The highest BCUT2D eigenvalue weighted by molar-refractivity contribution is 6.03. The van der Waals surface area contributed by atoms with Crippen LogP contribution in [0.4, 0.5) is 11.4 Å². The van der Waals surface area contributed by atoms with E-state index in [1.54, 1.807) is 0 Å². The van der Waals surface area contributed by atoms with Crippen LogP contribution in [-0.4, -0.2) is 0 Å². The Balaban J connectivity index is 1.26. The summed E-state index contributed by atoms with van der Waals surface area (Å²) in [7, 11) is 0. The van der Waals surface area contributed by atoms with Gasteiger partial charge in [-0.2, -0.15) is 0 Å². The lowest BCUT2D eigenvalue weighted by atomic mass is 9.79. The molecule has 0 amide bonds. The first-order valence-electron chi connectivity index (χ1n) is 13.9. The minimum atomic E-state index is -0.0851. The van der Waals surface area contributed by atoms with E-state index < -0.39 is 0 Å². The van der Waals surface area contributed by atoms with Crippen LogP contribution in [0.3, 0.4) is 0 Å². The molecular formula is C38H31N. The predicted octanol–water partition coefficient (Wildman–Crippen LogP) is 10.3. The fourth-order valence-electron chi connectivity index (χ4n) is 7.24. The zero-order valence-electron chi connectivity index (χ0n) is 22.9. The van der Waals surface area contributed by atoms with Crippen molar-refractivity contribution in [2.75, 3.05) is 5.32 Å². The Morgan fingerprint density at radius 1 is 0.436 bits per heavy atom. The first-order valence-corrected chi connectivity index (χ1v) is 13.9. The molecule has 1 nitrogen and oxygen atoms in total. The Hall–Kier alpha value is -4.36. The number of anilines is 2. The van der Waals surface area contributed by atoms with E-state index in [1.165, 1.54) is 66.1 Å². The van der Waals surface area contributed by atoms with Gasteiger partial charge in [-0.3, -0.25) is 0 Å². The van der Waals surface area contributed by atoms with Gasteiger partial charge in [-0.1, -0.05) is 100 Å². The molecule has 0 aliphatic heterocycles. The second-order valence-corrected chi connectivity index (χ2v) is 12.3. The van der Waals surface area contributed by atoms with Crippen molar-refractivity contribution in [2.24, 2.45) is 0 Å². The molecule has 0 aromatic heterocycles. The van der Waals surface area contributed by atoms with Crippen molar-refractivity contribution in [2.45, 2.75) is 38.5 Å². The van der Waals surface area contributed by atoms with Crippen molar-refractivity contribution in [3.8, 4) is 22.3 Å². The summed E-state index contributed by atoms with van der Waals surface area (Å²) in [6.07, 6.45) is 0. The summed E-state index contributed by atoms with van der Waals surface area (Å²) in [5.74, 6) is 0. The van der Waals surface area contributed by atoms with Crippen LogP contribution in [-0.2, 0) is 10.8 Å². The van der Waals surface area contributed by atoms with E-state index in [2.05, 4.69) is 142 Å². The van der Waals surface area contributed by atoms with Gasteiger partial charge < -0.3 is 5.32 Å². The molecule has 8 rings (SSSR count). The molecule has 0 fully saturated rings. The van der Waals surface area contributed by atoms with E-state index >= 15 is 0 Å². The maximum absolute atomic E-state index is 3.68. The summed E-state index contributed by atoms with van der Waals surface area (Å²) >= 11 is 0. The van der Waals surface area contributed by atoms with E-state index in [0.717, 1.165) is 11.4 Å². The minimum Gasteiger partial charge on any atom is -0.355 e. The second kappa shape index (κ2) is 7.61. The van der Waals surface area contributed by atoms with Crippen molar-refractivity contribution < 1.29 is 0 Å². The smallest absolute Gasteiger partial charge is 0.0390 e. The lowest BCUT2D eigenvalue weighted by molar-refractivity contribution is 0.652. The van der Waals surface area contributed by atoms with Crippen LogP contribution >= 0.6 is 0 Å². The predicted molar refractivity (Wildman–Crippen MR) is 166 cm³/mol. The van der Waals surface area contributed by atoms with Gasteiger partial charge in [0.15, 0.2) is 0 Å². The van der Waals surface area contributed by atoms with E-state index in [0.29, 0.717) is 0 Å². The molecule has 0 radical (unpaired) electrons. The summed E-state index contributed by atoms with van der Waals surface area (Å²) in [5.41, 5.74) is 13.4. The zero-order chi connectivity index (χ0) is 26.5. The molecular weight excluding hydrogens is 470 g/mol. The highest BCUT2D eigenvalue weighted by atomic mass is 14.9. The van der Waals surface area contributed by atoms with Crippen LogP contribution in [0.1, 0.15) is 49.9 Å². The Morgan fingerprint density at radius 2 is 1.03 bits per heavy atom. The van der Waals surface area contributed by atoms with E-state index in [4.69, 9.17) is 0 Å². The summed E-state index contributed by atoms with van der Waals surface area (Å²) in [6, 6.07) is 40.5. The number of hydrogen-bond donors (Lipinski definition) is 1. The second-order valence-electron chi connectivity index (χ2n) is 12.3. The SMILES string of the molecule is CC1(C)c2cc(Nc3ccc4ccccc4c3)ccc2-c2cc3c(cc21)-c1c(ccc2ccccc12)C3(C)C. The van der Waals surface area contributed by atoms with Crippen molar-refractivity contribution in [1.82, 2.24) is 0 Å². The summed E-state index contributed by atoms with van der Waals surface area (Å²) in [4.78, 5) is 0. The van der Waals surface area contributed by atoms with E-state index in [1.807, 2.05) is 0 Å². The average molecular weight is 502 g/mol. The Labute approximate surface area is 230 Å². The molecule has 0 unspecified atom stereocenters. The highest BCUT2D eigenvalue weighted by Crippen LogP contribution is 2.57. The third-order valence-electron chi connectivity index (χ3n) is 9.40. The molecule has 0 saturated heterocycles. The number of fused-ring (bicyclic) bond motifs is 9. The van der Waals surface area contributed by atoms with Gasteiger partial charge in [0.1, 0.15) is 0 Å². The fourth-order valence-corrected chi connectivity index (χ4v) is 7.24. The third kappa shape index (κ3) is 3.08. The molecule has 0 saturated carbocycles. The van der Waals surface area contributed by atoms with Crippen LogP contribution in [0.25, 0.3) is 43.8 Å². The number of nitrogens with one attached hydrogen (secondary N) is 1. The molecule has 0 heterocycles. The van der Waals surface area contributed by atoms with Gasteiger partial charge in [-0.25, -0.2) is 0 Å². The topological polar surface area (TPSA) is 12.0 Å². The van der Waals surface area contributed by atoms with Gasteiger partial charge >= 0.3 is 0 Å². The molecule has 1 N–H and O–H groups in total. The van der Waals surface area contributed by atoms with Gasteiger partial charge in [-0.15, -0.1) is 0 Å². The van der Waals surface area contributed by atoms with Crippen molar-refractivity contribution in [1.29, 1.82) is 0 Å². The van der Waals surface area contributed by atoms with E-state index in [9.17, 15) is 0 Å². The molecule has 2 aliphatic rings. The van der Waals surface area contributed by atoms with Crippen LogP contribution in [0.2, 0.25) is 0 Å². The van der Waals surface area contributed by atoms with Crippen LogP contribution in [0.5, 0.6) is 0 Å². The number of rotatable bonds is 2. The van der Waals surface area contributed by atoms with Gasteiger partial charge in [0.2, 0.25) is 0 Å².